The number of hydrogen-bond donors (Lipinski definition) is 1. The van der Waals surface area contributed by atoms with Crippen molar-refractivity contribution in [2.75, 3.05) is 0 Å². The predicted molar refractivity (Wildman–Crippen MR) is 66.6 cm³/mol. The molecule has 1 aliphatic carbocycles. The molecule has 17 heavy (non-hydrogen) atoms. The van der Waals surface area contributed by atoms with E-state index in [2.05, 4.69) is 6.92 Å². The number of benzene rings is 1. The molecule has 1 aromatic carbocycles. The van der Waals surface area contributed by atoms with Crippen LogP contribution in [0.5, 0.6) is 0 Å². The number of hydrogen-bond acceptors (Lipinski definition) is 2. The Morgan fingerprint density at radius 3 is 2.71 bits per heavy atom. The Labute approximate surface area is 103 Å². The Hall–Kier alpha value is -0.860. The van der Waals surface area contributed by atoms with Gasteiger partial charge in [0.2, 0.25) is 0 Å². The zero-order valence-corrected chi connectivity index (χ0v) is 10.5. The molecule has 0 unspecified atom stereocenters. The van der Waals surface area contributed by atoms with Gasteiger partial charge in [-0.3, -0.25) is 0 Å². The van der Waals surface area contributed by atoms with Crippen LogP contribution in [0.15, 0.2) is 30.3 Å². The van der Waals surface area contributed by atoms with Gasteiger partial charge in [-0.1, -0.05) is 37.3 Å². The molecule has 0 radical (unpaired) electrons. The Kier molecular flexibility index (Phi) is 2.36. The molecule has 1 saturated carbocycles. The van der Waals surface area contributed by atoms with E-state index >= 15 is 0 Å². The zero-order chi connectivity index (χ0) is 12.1. The molecule has 1 aliphatic heterocycles. The van der Waals surface area contributed by atoms with Gasteiger partial charge in [-0.05, 0) is 37.7 Å². The third kappa shape index (κ3) is 1.54. The maximum absolute atomic E-state index is 10.9. The van der Waals surface area contributed by atoms with Crippen LogP contribution in [0.25, 0.3) is 0 Å². The van der Waals surface area contributed by atoms with Gasteiger partial charge >= 0.3 is 0 Å². The minimum Gasteiger partial charge on any atom is -0.382 e. The summed E-state index contributed by atoms with van der Waals surface area (Å²) >= 11 is 0. The summed E-state index contributed by atoms with van der Waals surface area (Å²) in [5.74, 6) is 0.643. The van der Waals surface area contributed by atoms with E-state index < -0.39 is 5.60 Å². The molecule has 2 nitrogen and oxygen atoms in total. The molecule has 0 spiro atoms. The molecule has 0 aromatic heterocycles. The first-order valence-corrected chi connectivity index (χ1v) is 6.52. The summed E-state index contributed by atoms with van der Waals surface area (Å²) in [6.45, 7) is 4.15. The summed E-state index contributed by atoms with van der Waals surface area (Å²) in [6.07, 6.45) is 3.54. The number of epoxide rings is 1. The average molecular weight is 232 g/mol. The fourth-order valence-electron chi connectivity index (χ4n) is 3.38. The fraction of sp³-hybridized carbons (Fsp3) is 0.600. The summed E-state index contributed by atoms with van der Waals surface area (Å²) in [5.41, 5.74) is -0.226. The highest BCUT2D eigenvalue weighted by Gasteiger charge is 2.68. The Balaban J connectivity index is 1.94. The lowest BCUT2D eigenvalue weighted by molar-refractivity contribution is -0.0390. The van der Waals surface area contributed by atoms with Crippen molar-refractivity contribution in [1.29, 1.82) is 0 Å². The van der Waals surface area contributed by atoms with Gasteiger partial charge in [0.15, 0.2) is 0 Å². The van der Waals surface area contributed by atoms with E-state index in [4.69, 9.17) is 4.74 Å². The van der Waals surface area contributed by atoms with Gasteiger partial charge in [-0.15, -0.1) is 0 Å². The number of aliphatic hydroxyl groups is 1. The standard InChI is InChI=1S/C15H20O2/c1-11-8-9-13-15(10-11,17-13)14(2,16)12-6-4-3-5-7-12/h3-7,11,13,16H,8-10H2,1-2H3/t11-,13+,14+,15-/m1/s1. The molecular formula is C15H20O2. The Morgan fingerprint density at radius 2 is 2.00 bits per heavy atom. The molecular weight excluding hydrogens is 212 g/mol. The first-order chi connectivity index (χ1) is 8.06. The molecule has 1 heterocycles. The van der Waals surface area contributed by atoms with Gasteiger partial charge in [0.25, 0.3) is 0 Å². The summed E-state index contributed by atoms with van der Waals surface area (Å²) in [4.78, 5) is 0. The lowest BCUT2D eigenvalue weighted by atomic mass is 9.71. The van der Waals surface area contributed by atoms with Crippen LogP contribution >= 0.6 is 0 Å². The quantitative estimate of drug-likeness (QED) is 0.795. The van der Waals surface area contributed by atoms with Gasteiger partial charge in [0, 0.05) is 0 Å². The fourth-order valence-corrected chi connectivity index (χ4v) is 3.38. The van der Waals surface area contributed by atoms with Crippen LogP contribution in [0.4, 0.5) is 0 Å². The van der Waals surface area contributed by atoms with Crippen molar-refractivity contribution in [1.82, 2.24) is 0 Å². The topological polar surface area (TPSA) is 32.8 Å². The predicted octanol–water partition coefficient (Wildman–Crippen LogP) is 2.85. The van der Waals surface area contributed by atoms with Crippen LogP contribution < -0.4 is 0 Å². The number of rotatable bonds is 2. The zero-order valence-electron chi connectivity index (χ0n) is 10.5. The number of ether oxygens (including phenoxy) is 1. The van der Waals surface area contributed by atoms with Gasteiger partial charge in [-0.2, -0.15) is 0 Å². The van der Waals surface area contributed by atoms with E-state index in [1.54, 1.807) is 0 Å². The van der Waals surface area contributed by atoms with Crippen molar-refractivity contribution in [2.45, 2.75) is 50.4 Å². The van der Waals surface area contributed by atoms with Crippen LogP contribution in [-0.2, 0) is 10.3 Å². The van der Waals surface area contributed by atoms with Crippen molar-refractivity contribution >= 4 is 0 Å². The smallest absolute Gasteiger partial charge is 0.127 e. The maximum atomic E-state index is 10.9. The molecule has 0 amide bonds. The highest BCUT2D eigenvalue weighted by atomic mass is 16.6. The molecule has 2 fully saturated rings. The average Bonchev–Trinajstić information content (AvgIpc) is 3.05. The van der Waals surface area contributed by atoms with E-state index in [0.29, 0.717) is 5.92 Å². The molecule has 4 atom stereocenters. The van der Waals surface area contributed by atoms with Gasteiger partial charge in [0.05, 0.1) is 6.10 Å². The van der Waals surface area contributed by atoms with E-state index in [1.807, 2.05) is 37.3 Å². The van der Waals surface area contributed by atoms with Crippen LogP contribution in [0.3, 0.4) is 0 Å². The van der Waals surface area contributed by atoms with E-state index in [-0.39, 0.29) is 11.7 Å². The number of fused-ring (bicyclic) bond motifs is 1. The van der Waals surface area contributed by atoms with Gasteiger partial charge < -0.3 is 9.84 Å². The van der Waals surface area contributed by atoms with Crippen molar-refractivity contribution in [2.24, 2.45) is 5.92 Å². The van der Waals surface area contributed by atoms with Crippen LogP contribution in [0.2, 0.25) is 0 Å². The normalized spacial score (nSPS) is 39.2. The molecule has 3 rings (SSSR count). The highest BCUT2D eigenvalue weighted by Crippen LogP contribution is 2.58. The summed E-state index contributed by atoms with van der Waals surface area (Å²) in [7, 11) is 0. The van der Waals surface area contributed by atoms with Crippen molar-refractivity contribution < 1.29 is 9.84 Å². The highest BCUT2D eigenvalue weighted by molar-refractivity contribution is 5.30. The minimum atomic E-state index is -0.867. The van der Waals surface area contributed by atoms with Gasteiger partial charge in [0.1, 0.15) is 11.2 Å². The minimum absolute atomic E-state index is 0.258. The summed E-state index contributed by atoms with van der Waals surface area (Å²) in [6, 6.07) is 9.92. The van der Waals surface area contributed by atoms with Crippen molar-refractivity contribution in [3.8, 4) is 0 Å². The largest absolute Gasteiger partial charge is 0.382 e. The first-order valence-electron chi connectivity index (χ1n) is 6.52. The van der Waals surface area contributed by atoms with Crippen molar-refractivity contribution in [3.63, 3.8) is 0 Å². The van der Waals surface area contributed by atoms with Crippen LogP contribution in [-0.4, -0.2) is 16.8 Å². The third-order valence-electron chi connectivity index (χ3n) is 4.55. The Morgan fingerprint density at radius 1 is 1.29 bits per heavy atom. The lowest BCUT2D eigenvalue weighted by Gasteiger charge is -2.35. The second-order valence-corrected chi connectivity index (χ2v) is 5.82. The van der Waals surface area contributed by atoms with E-state index in [9.17, 15) is 5.11 Å². The molecule has 92 valence electrons. The van der Waals surface area contributed by atoms with Gasteiger partial charge in [-0.25, -0.2) is 0 Å². The monoisotopic (exact) mass is 232 g/mol. The maximum Gasteiger partial charge on any atom is 0.127 e. The molecule has 1 saturated heterocycles. The molecule has 2 heteroatoms. The molecule has 2 aliphatic rings. The SMILES string of the molecule is C[C@@H]1CC[C@@H]2O[C@]2([C@@](C)(O)c2ccccc2)C1. The molecule has 0 bridgehead atoms. The van der Waals surface area contributed by atoms with E-state index in [1.165, 1.54) is 6.42 Å². The first kappa shape index (κ1) is 11.2. The summed E-state index contributed by atoms with van der Waals surface area (Å²) in [5, 5.41) is 10.9. The molecule has 1 N–H and O–H groups in total. The second kappa shape index (κ2) is 3.56. The van der Waals surface area contributed by atoms with E-state index in [0.717, 1.165) is 18.4 Å². The molecule has 1 aromatic rings. The second-order valence-electron chi connectivity index (χ2n) is 5.82. The lowest BCUT2D eigenvalue weighted by Crippen LogP contribution is -2.44. The van der Waals surface area contributed by atoms with Crippen LogP contribution in [0, 0.1) is 5.92 Å². The van der Waals surface area contributed by atoms with Crippen molar-refractivity contribution in [3.05, 3.63) is 35.9 Å². The Bertz CT molecular complexity index is 412. The summed E-state index contributed by atoms with van der Waals surface area (Å²) < 4.78 is 5.91. The van der Waals surface area contributed by atoms with Crippen LogP contribution in [0.1, 0.15) is 38.7 Å². The third-order valence-corrected chi connectivity index (χ3v) is 4.55.